The van der Waals surface area contributed by atoms with E-state index in [2.05, 4.69) is 30.4 Å². The lowest BCUT2D eigenvalue weighted by molar-refractivity contribution is -0.123. The topological polar surface area (TPSA) is 58.6 Å². The number of rotatable bonds is 8. The van der Waals surface area contributed by atoms with Crippen LogP contribution in [-0.4, -0.2) is 36.9 Å². The lowest BCUT2D eigenvalue weighted by Gasteiger charge is -2.12. The summed E-state index contributed by atoms with van der Waals surface area (Å²) >= 11 is 0. The van der Waals surface area contributed by atoms with Gasteiger partial charge in [-0.1, -0.05) is 29.8 Å². The van der Waals surface area contributed by atoms with Gasteiger partial charge in [-0.25, -0.2) is 0 Å². The summed E-state index contributed by atoms with van der Waals surface area (Å²) in [5.41, 5.74) is 2.47. The summed E-state index contributed by atoms with van der Waals surface area (Å²) < 4.78 is 5.43. The molecule has 2 aliphatic rings. The second kappa shape index (κ2) is 6.80. The molecule has 0 spiro atoms. The molecule has 120 valence electrons. The van der Waals surface area contributed by atoms with Crippen molar-refractivity contribution in [3.05, 3.63) is 35.4 Å². The number of aliphatic hydroxyl groups is 1. The van der Waals surface area contributed by atoms with E-state index in [-0.39, 0.29) is 18.4 Å². The number of nitrogens with one attached hydrogen (secondary N) is 1. The molecule has 0 saturated heterocycles. The van der Waals surface area contributed by atoms with Crippen molar-refractivity contribution < 1.29 is 14.6 Å². The number of ether oxygens (including phenoxy) is 1. The predicted octanol–water partition coefficient (Wildman–Crippen LogP) is 2.00. The first-order chi connectivity index (χ1) is 10.6. The maximum atomic E-state index is 12.1. The Labute approximate surface area is 131 Å². The minimum atomic E-state index is -0.612. The minimum absolute atomic E-state index is 0.0488. The molecule has 1 aromatic carbocycles. The van der Waals surface area contributed by atoms with Gasteiger partial charge in [-0.15, -0.1) is 0 Å². The number of aliphatic hydroxyl groups excluding tert-OH is 1. The zero-order valence-corrected chi connectivity index (χ0v) is 13.1. The molecule has 2 aliphatic carbocycles. The van der Waals surface area contributed by atoms with Crippen molar-refractivity contribution in [2.45, 2.75) is 38.2 Å². The van der Waals surface area contributed by atoms with Gasteiger partial charge in [0.15, 0.2) is 0 Å². The molecule has 22 heavy (non-hydrogen) atoms. The fourth-order valence-electron chi connectivity index (χ4n) is 2.82. The lowest BCUT2D eigenvalue weighted by Crippen LogP contribution is -2.35. The number of amides is 1. The van der Waals surface area contributed by atoms with E-state index in [4.69, 9.17) is 4.74 Å². The third-order valence-corrected chi connectivity index (χ3v) is 4.47. The maximum Gasteiger partial charge on any atom is 0.223 e. The van der Waals surface area contributed by atoms with Gasteiger partial charge in [0, 0.05) is 19.1 Å². The van der Waals surface area contributed by atoms with Gasteiger partial charge in [0.2, 0.25) is 5.91 Å². The van der Waals surface area contributed by atoms with Gasteiger partial charge in [0.05, 0.1) is 12.7 Å². The molecule has 0 aromatic heterocycles. The zero-order valence-electron chi connectivity index (χ0n) is 13.1. The van der Waals surface area contributed by atoms with Gasteiger partial charge >= 0.3 is 0 Å². The fourth-order valence-corrected chi connectivity index (χ4v) is 2.82. The Bertz CT molecular complexity index is 527. The molecule has 3 rings (SSSR count). The van der Waals surface area contributed by atoms with Crippen LogP contribution < -0.4 is 5.32 Å². The standard InChI is InChI=1S/C18H25NO3/c1-12-3-2-4-14(7-12)16-8-17(16)18(21)19-9-15(20)11-22-10-13-5-6-13/h2-4,7,13,15-17,20H,5-6,8-11H2,1H3,(H,19,21)/t15-,16-,17+/m0/s1. The average Bonchev–Trinajstić information content (AvgIpc) is 3.37. The Hall–Kier alpha value is -1.39. The number of carbonyl (C=O) groups is 1. The Morgan fingerprint density at radius 3 is 3.00 bits per heavy atom. The largest absolute Gasteiger partial charge is 0.389 e. The Morgan fingerprint density at radius 2 is 2.27 bits per heavy atom. The first-order valence-corrected chi connectivity index (χ1v) is 8.23. The molecular formula is C18H25NO3. The van der Waals surface area contributed by atoms with E-state index in [1.165, 1.54) is 24.0 Å². The van der Waals surface area contributed by atoms with E-state index in [1.807, 2.05) is 6.07 Å². The van der Waals surface area contributed by atoms with E-state index >= 15 is 0 Å². The van der Waals surface area contributed by atoms with E-state index in [0.717, 1.165) is 13.0 Å². The molecule has 3 atom stereocenters. The van der Waals surface area contributed by atoms with Crippen LogP contribution in [0, 0.1) is 18.8 Å². The molecule has 4 heteroatoms. The van der Waals surface area contributed by atoms with Gasteiger partial charge in [-0.3, -0.25) is 4.79 Å². The Kier molecular flexibility index (Phi) is 4.79. The summed E-state index contributed by atoms with van der Waals surface area (Å²) in [4.78, 5) is 12.1. The molecule has 0 bridgehead atoms. The summed E-state index contributed by atoms with van der Waals surface area (Å²) in [7, 11) is 0. The summed E-state index contributed by atoms with van der Waals surface area (Å²) in [5.74, 6) is 1.14. The Morgan fingerprint density at radius 1 is 1.45 bits per heavy atom. The van der Waals surface area contributed by atoms with Crippen LogP contribution in [0.2, 0.25) is 0 Å². The minimum Gasteiger partial charge on any atom is -0.389 e. The second-order valence-corrected chi connectivity index (χ2v) is 6.74. The molecule has 1 amide bonds. The smallest absolute Gasteiger partial charge is 0.223 e. The lowest BCUT2D eigenvalue weighted by atomic mass is 10.1. The first kappa shape index (κ1) is 15.5. The molecule has 0 aliphatic heterocycles. The molecule has 0 heterocycles. The fraction of sp³-hybridized carbons (Fsp3) is 0.611. The van der Waals surface area contributed by atoms with Crippen molar-refractivity contribution in [2.24, 2.45) is 11.8 Å². The Balaban J connectivity index is 1.36. The van der Waals surface area contributed by atoms with Gasteiger partial charge in [-0.2, -0.15) is 0 Å². The SMILES string of the molecule is Cc1cccc([C@@H]2C[C@H]2C(=O)NC[C@H](O)COCC2CC2)c1. The normalized spacial score (nSPS) is 24.8. The van der Waals surface area contributed by atoms with E-state index < -0.39 is 6.10 Å². The van der Waals surface area contributed by atoms with Gasteiger partial charge in [0.25, 0.3) is 0 Å². The van der Waals surface area contributed by atoms with E-state index in [9.17, 15) is 9.90 Å². The van der Waals surface area contributed by atoms with Gasteiger partial charge < -0.3 is 15.2 Å². The van der Waals surface area contributed by atoms with Crippen LogP contribution in [0.1, 0.15) is 36.3 Å². The third-order valence-electron chi connectivity index (χ3n) is 4.47. The van der Waals surface area contributed by atoms with Crippen LogP contribution >= 0.6 is 0 Å². The predicted molar refractivity (Wildman–Crippen MR) is 84.6 cm³/mol. The van der Waals surface area contributed by atoms with E-state index in [0.29, 0.717) is 18.4 Å². The monoisotopic (exact) mass is 303 g/mol. The summed E-state index contributed by atoms with van der Waals surface area (Å²) in [6, 6.07) is 8.35. The van der Waals surface area contributed by atoms with Crippen molar-refractivity contribution in [1.82, 2.24) is 5.32 Å². The molecule has 2 fully saturated rings. The van der Waals surface area contributed by atoms with Gasteiger partial charge in [-0.05, 0) is 43.6 Å². The second-order valence-electron chi connectivity index (χ2n) is 6.74. The average molecular weight is 303 g/mol. The van der Waals surface area contributed by atoms with Crippen molar-refractivity contribution in [3.8, 4) is 0 Å². The highest BCUT2D eigenvalue weighted by molar-refractivity contribution is 5.82. The van der Waals surface area contributed by atoms with E-state index in [1.54, 1.807) is 0 Å². The molecule has 0 radical (unpaired) electrons. The first-order valence-electron chi connectivity index (χ1n) is 8.23. The number of hydrogen-bond acceptors (Lipinski definition) is 3. The highest BCUT2D eigenvalue weighted by atomic mass is 16.5. The van der Waals surface area contributed by atoms with Crippen LogP contribution in [0.4, 0.5) is 0 Å². The third kappa shape index (κ3) is 4.31. The van der Waals surface area contributed by atoms with Crippen molar-refractivity contribution in [3.63, 3.8) is 0 Å². The van der Waals surface area contributed by atoms with Crippen molar-refractivity contribution in [1.29, 1.82) is 0 Å². The summed E-state index contributed by atoms with van der Waals surface area (Å²) in [6.07, 6.45) is 2.78. The van der Waals surface area contributed by atoms with Crippen LogP contribution in [-0.2, 0) is 9.53 Å². The highest BCUT2D eigenvalue weighted by Crippen LogP contribution is 2.47. The van der Waals surface area contributed by atoms with Gasteiger partial charge in [0.1, 0.15) is 0 Å². The quantitative estimate of drug-likeness (QED) is 0.772. The van der Waals surface area contributed by atoms with Crippen LogP contribution in [0.5, 0.6) is 0 Å². The number of hydrogen-bond donors (Lipinski definition) is 2. The molecule has 4 nitrogen and oxygen atoms in total. The van der Waals surface area contributed by atoms with Crippen LogP contribution in [0.15, 0.2) is 24.3 Å². The molecule has 2 saturated carbocycles. The van der Waals surface area contributed by atoms with Crippen molar-refractivity contribution in [2.75, 3.05) is 19.8 Å². The molecule has 1 aromatic rings. The van der Waals surface area contributed by atoms with Crippen LogP contribution in [0.25, 0.3) is 0 Å². The van der Waals surface area contributed by atoms with Crippen molar-refractivity contribution >= 4 is 5.91 Å². The number of carbonyl (C=O) groups excluding carboxylic acids is 1. The molecule has 0 unspecified atom stereocenters. The number of aryl methyl sites for hydroxylation is 1. The summed E-state index contributed by atoms with van der Waals surface area (Å²) in [5, 5.41) is 12.7. The van der Waals surface area contributed by atoms with Crippen LogP contribution in [0.3, 0.4) is 0 Å². The zero-order chi connectivity index (χ0) is 15.5. The maximum absolute atomic E-state index is 12.1. The molecule has 2 N–H and O–H groups in total. The highest BCUT2D eigenvalue weighted by Gasteiger charge is 2.43. The summed E-state index contributed by atoms with van der Waals surface area (Å²) in [6.45, 7) is 3.39. The molecular weight excluding hydrogens is 278 g/mol. The number of benzene rings is 1.